The first kappa shape index (κ1) is 19.3. The van der Waals surface area contributed by atoms with E-state index in [9.17, 15) is 9.59 Å². The highest BCUT2D eigenvalue weighted by Crippen LogP contribution is 2.31. The number of anilines is 2. The van der Waals surface area contributed by atoms with Crippen LogP contribution in [-0.4, -0.2) is 52.9 Å². The fraction of sp³-hybridized carbons (Fsp3) is 0.333. The van der Waals surface area contributed by atoms with Crippen LogP contribution in [0.1, 0.15) is 18.2 Å². The summed E-state index contributed by atoms with van der Waals surface area (Å²) in [6.45, 7) is 4.67. The van der Waals surface area contributed by atoms with Crippen LogP contribution in [0.5, 0.6) is 0 Å². The first-order valence-corrected chi connectivity index (χ1v) is 10.6. The lowest BCUT2D eigenvalue weighted by Gasteiger charge is -2.35. The number of benzene rings is 1. The third kappa shape index (κ3) is 4.37. The van der Waals surface area contributed by atoms with Crippen molar-refractivity contribution in [3.05, 3.63) is 47.6 Å². The van der Waals surface area contributed by atoms with Gasteiger partial charge in [0.05, 0.1) is 5.39 Å². The van der Waals surface area contributed by atoms with Gasteiger partial charge in [0.15, 0.2) is 0 Å². The molecule has 1 aliphatic rings. The van der Waals surface area contributed by atoms with Gasteiger partial charge in [-0.15, -0.1) is 11.3 Å². The lowest BCUT2D eigenvalue weighted by Crippen LogP contribution is -2.49. The second kappa shape index (κ2) is 8.57. The normalized spacial score (nSPS) is 14.2. The number of aryl methyl sites for hydroxylation is 1. The molecule has 150 valence electrons. The molecule has 0 aliphatic carbocycles. The molecule has 1 N–H and O–H groups in total. The smallest absolute Gasteiger partial charge is 0.233 e. The van der Waals surface area contributed by atoms with Crippen LogP contribution in [-0.2, 0) is 16.0 Å². The molecule has 4 rings (SSSR count). The van der Waals surface area contributed by atoms with Gasteiger partial charge in [0.2, 0.25) is 11.8 Å². The van der Waals surface area contributed by atoms with Gasteiger partial charge in [-0.2, -0.15) is 0 Å². The van der Waals surface area contributed by atoms with Crippen LogP contribution >= 0.6 is 11.3 Å². The van der Waals surface area contributed by atoms with E-state index in [4.69, 9.17) is 0 Å². The zero-order valence-electron chi connectivity index (χ0n) is 16.3. The molecule has 0 bridgehead atoms. The van der Waals surface area contributed by atoms with Crippen molar-refractivity contribution in [3.8, 4) is 0 Å². The minimum Gasteiger partial charge on any atom is -0.352 e. The summed E-state index contributed by atoms with van der Waals surface area (Å²) >= 11 is 1.70. The van der Waals surface area contributed by atoms with Gasteiger partial charge in [0.25, 0.3) is 0 Å². The van der Waals surface area contributed by atoms with Crippen molar-refractivity contribution in [2.24, 2.45) is 0 Å². The number of piperazine rings is 1. The van der Waals surface area contributed by atoms with Crippen LogP contribution in [0.25, 0.3) is 10.2 Å². The molecule has 0 saturated carbocycles. The summed E-state index contributed by atoms with van der Waals surface area (Å²) in [5.41, 5.74) is 0.699. The van der Waals surface area contributed by atoms with Crippen LogP contribution in [0, 0.1) is 0 Å². The predicted octanol–water partition coefficient (Wildman–Crippen LogP) is 2.93. The maximum atomic E-state index is 12.5. The van der Waals surface area contributed by atoms with Crippen LogP contribution in [0.4, 0.5) is 11.5 Å². The fourth-order valence-electron chi connectivity index (χ4n) is 3.46. The van der Waals surface area contributed by atoms with Crippen molar-refractivity contribution in [2.45, 2.75) is 19.8 Å². The van der Waals surface area contributed by atoms with E-state index in [0.29, 0.717) is 31.9 Å². The van der Waals surface area contributed by atoms with Gasteiger partial charge in [0.1, 0.15) is 23.4 Å². The predicted molar refractivity (Wildman–Crippen MR) is 115 cm³/mol. The molecule has 1 aliphatic heterocycles. The number of aromatic nitrogens is 2. The molecule has 7 nitrogen and oxygen atoms in total. The number of hydrogen-bond donors (Lipinski definition) is 1. The Bertz CT molecular complexity index is 1010. The Balaban J connectivity index is 1.35. The zero-order valence-corrected chi connectivity index (χ0v) is 17.1. The Hall–Kier alpha value is -3.00. The summed E-state index contributed by atoms with van der Waals surface area (Å²) < 4.78 is 0. The average molecular weight is 410 g/mol. The molecule has 3 aromatic rings. The highest BCUT2D eigenvalue weighted by Gasteiger charge is 2.25. The van der Waals surface area contributed by atoms with Crippen molar-refractivity contribution < 1.29 is 9.59 Å². The van der Waals surface area contributed by atoms with Crippen LogP contribution in [0.15, 0.2) is 42.7 Å². The maximum absolute atomic E-state index is 12.5. The number of carbonyl (C=O) groups excluding carboxylic acids is 2. The van der Waals surface area contributed by atoms with Crippen molar-refractivity contribution >= 4 is 44.9 Å². The summed E-state index contributed by atoms with van der Waals surface area (Å²) in [7, 11) is 0. The Kier molecular flexibility index (Phi) is 5.71. The Morgan fingerprint density at radius 1 is 1.10 bits per heavy atom. The van der Waals surface area contributed by atoms with Gasteiger partial charge >= 0.3 is 0 Å². The highest BCUT2D eigenvalue weighted by molar-refractivity contribution is 7.18. The lowest BCUT2D eigenvalue weighted by atomic mass is 10.2. The quantitative estimate of drug-likeness (QED) is 0.656. The first-order valence-electron chi connectivity index (χ1n) is 9.75. The van der Waals surface area contributed by atoms with E-state index >= 15 is 0 Å². The van der Waals surface area contributed by atoms with E-state index in [1.165, 1.54) is 4.88 Å². The summed E-state index contributed by atoms with van der Waals surface area (Å²) in [4.78, 5) is 39.8. The van der Waals surface area contributed by atoms with Crippen molar-refractivity contribution in [2.75, 3.05) is 36.4 Å². The first-order chi connectivity index (χ1) is 14.1. The van der Waals surface area contributed by atoms with Gasteiger partial charge in [-0.3, -0.25) is 9.59 Å². The van der Waals surface area contributed by atoms with Gasteiger partial charge in [-0.1, -0.05) is 25.1 Å². The van der Waals surface area contributed by atoms with E-state index in [0.717, 1.165) is 22.5 Å². The number of rotatable bonds is 5. The second-order valence-corrected chi connectivity index (χ2v) is 8.06. The average Bonchev–Trinajstić information content (AvgIpc) is 3.18. The number of para-hydroxylation sites is 1. The number of nitrogens with one attached hydrogen (secondary N) is 1. The largest absolute Gasteiger partial charge is 0.352 e. The van der Waals surface area contributed by atoms with Crippen molar-refractivity contribution in [3.63, 3.8) is 0 Å². The second-order valence-electron chi connectivity index (χ2n) is 6.94. The molecule has 1 fully saturated rings. The molecule has 1 saturated heterocycles. The highest BCUT2D eigenvalue weighted by atomic mass is 32.1. The minimum absolute atomic E-state index is 0.142. The number of amides is 2. The molecule has 0 unspecified atom stereocenters. The maximum Gasteiger partial charge on any atom is 0.233 e. The fourth-order valence-corrected chi connectivity index (χ4v) is 4.39. The Labute approximate surface area is 173 Å². The number of fused-ring (bicyclic) bond motifs is 1. The lowest BCUT2D eigenvalue weighted by molar-refractivity contribution is -0.134. The van der Waals surface area contributed by atoms with Gasteiger partial charge in [0, 0.05) is 36.7 Å². The van der Waals surface area contributed by atoms with Gasteiger partial charge in [-0.05, 0) is 24.6 Å². The van der Waals surface area contributed by atoms with E-state index in [-0.39, 0.29) is 18.2 Å². The van der Waals surface area contributed by atoms with E-state index in [1.807, 2.05) is 18.2 Å². The minimum atomic E-state index is -0.286. The Morgan fingerprint density at radius 3 is 2.59 bits per heavy atom. The van der Waals surface area contributed by atoms with E-state index in [1.54, 1.807) is 34.7 Å². The number of carbonyl (C=O) groups is 2. The summed E-state index contributed by atoms with van der Waals surface area (Å²) in [5.74, 6) is 0.501. The molecule has 2 aromatic heterocycles. The number of thiophene rings is 1. The number of hydrogen-bond acceptors (Lipinski definition) is 6. The monoisotopic (exact) mass is 409 g/mol. The van der Waals surface area contributed by atoms with E-state index < -0.39 is 0 Å². The molecule has 2 amide bonds. The SMILES string of the molecule is CCc1cc2c(N3CCN(C(=O)CC(=O)Nc4ccccc4)CC3)ncnc2s1. The van der Waals surface area contributed by atoms with E-state index in [2.05, 4.69) is 33.2 Å². The van der Waals surface area contributed by atoms with Crippen LogP contribution in [0.3, 0.4) is 0 Å². The molecule has 8 heteroatoms. The molecular weight excluding hydrogens is 386 g/mol. The third-order valence-electron chi connectivity index (χ3n) is 5.01. The summed E-state index contributed by atoms with van der Waals surface area (Å²) in [6, 6.07) is 11.3. The third-order valence-corrected chi connectivity index (χ3v) is 6.20. The Morgan fingerprint density at radius 2 is 1.86 bits per heavy atom. The van der Waals surface area contributed by atoms with Gasteiger partial charge in [-0.25, -0.2) is 9.97 Å². The molecule has 0 radical (unpaired) electrons. The molecule has 1 aromatic carbocycles. The standard InChI is InChI=1S/C21H23N5O2S/c1-2-16-12-17-20(22-14-23-21(17)29-16)26-10-8-25(9-11-26)19(28)13-18(27)24-15-6-4-3-5-7-15/h3-7,12,14H,2,8-11,13H2,1H3,(H,24,27). The molecule has 0 atom stereocenters. The zero-order chi connectivity index (χ0) is 20.2. The van der Waals surface area contributed by atoms with Gasteiger partial charge < -0.3 is 15.1 Å². The van der Waals surface area contributed by atoms with Crippen molar-refractivity contribution in [1.29, 1.82) is 0 Å². The summed E-state index contributed by atoms with van der Waals surface area (Å²) in [5, 5.41) is 3.84. The van der Waals surface area contributed by atoms with Crippen LogP contribution in [0.2, 0.25) is 0 Å². The van der Waals surface area contributed by atoms with Crippen molar-refractivity contribution in [1.82, 2.24) is 14.9 Å². The molecular formula is C21H23N5O2S. The topological polar surface area (TPSA) is 78.4 Å². The molecule has 3 heterocycles. The molecule has 0 spiro atoms. The van der Waals surface area contributed by atoms with Crippen LogP contribution < -0.4 is 10.2 Å². The molecule has 29 heavy (non-hydrogen) atoms. The number of nitrogens with zero attached hydrogens (tertiary/aromatic N) is 4. The summed E-state index contributed by atoms with van der Waals surface area (Å²) in [6.07, 6.45) is 2.45.